The zero-order valence-corrected chi connectivity index (χ0v) is 11.9. The summed E-state index contributed by atoms with van der Waals surface area (Å²) < 4.78 is 0. The molecule has 2 amide bonds. The van der Waals surface area contributed by atoms with Crippen LogP contribution in [0.4, 0.5) is 0 Å². The Hall–Kier alpha value is -1.26. The highest BCUT2D eigenvalue weighted by atomic mass is 35.5. The summed E-state index contributed by atoms with van der Waals surface area (Å²) >= 11 is 11.1. The van der Waals surface area contributed by atoms with Crippen molar-refractivity contribution in [2.75, 3.05) is 19.0 Å². The minimum atomic E-state index is -0.239. The van der Waals surface area contributed by atoms with E-state index in [9.17, 15) is 9.59 Å². The van der Waals surface area contributed by atoms with Crippen molar-refractivity contribution in [3.63, 3.8) is 0 Å². The molecule has 0 saturated carbocycles. The van der Waals surface area contributed by atoms with E-state index >= 15 is 0 Å². The van der Waals surface area contributed by atoms with Gasteiger partial charge in [-0.1, -0.05) is 23.7 Å². The summed E-state index contributed by atoms with van der Waals surface area (Å²) in [5, 5.41) is 5.97. The summed E-state index contributed by atoms with van der Waals surface area (Å²) in [6, 6.07) is 7.40. The first kappa shape index (κ1) is 15.8. The first-order chi connectivity index (χ1) is 9.11. The normalized spacial score (nSPS) is 10.0. The molecule has 1 rings (SSSR count). The highest BCUT2D eigenvalue weighted by molar-refractivity contribution is 6.30. The molecule has 104 valence electrons. The van der Waals surface area contributed by atoms with Gasteiger partial charge < -0.3 is 10.6 Å². The number of aryl methyl sites for hydroxylation is 1. The average Bonchev–Trinajstić information content (AvgIpc) is 2.42. The number of hydrogen-bond donors (Lipinski definition) is 2. The minimum Gasteiger partial charge on any atom is -0.354 e. The maximum Gasteiger partial charge on any atom is 0.234 e. The lowest BCUT2D eigenvalue weighted by Crippen LogP contribution is -2.35. The van der Waals surface area contributed by atoms with Gasteiger partial charge in [0.05, 0.1) is 0 Å². The Kier molecular flexibility index (Phi) is 7.30. The van der Waals surface area contributed by atoms with Crippen LogP contribution in [-0.2, 0) is 16.0 Å². The molecule has 6 heteroatoms. The molecule has 2 N–H and O–H groups in total. The number of rotatable bonds is 7. The van der Waals surface area contributed by atoms with Crippen molar-refractivity contribution in [1.82, 2.24) is 10.6 Å². The SMILES string of the molecule is O=C(CCl)NCCNC(=O)CCc1ccc(Cl)cc1. The van der Waals surface area contributed by atoms with E-state index in [-0.39, 0.29) is 17.7 Å². The van der Waals surface area contributed by atoms with Crippen LogP contribution in [0, 0.1) is 0 Å². The lowest BCUT2D eigenvalue weighted by atomic mass is 10.1. The Morgan fingerprint density at radius 3 is 2.16 bits per heavy atom. The molecule has 0 aliphatic carbocycles. The van der Waals surface area contributed by atoms with Crippen molar-refractivity contribution >= 4 is 35.0 Å². The third-order valence-electron chi connectivity index (χ3n) is 2.44. The van der Waals surface area contributed by atoms with Crippen molar-refractivity contribution < 1.29 is 9.59 Å². The predicted molar refractivity (Wildman–Crippen MR) is 76.5 cm³/mol. The lowest BCUT2D eigenvalue weighted by molar-refractivity contribution is -0.122. The highest BCUT2D eigenvalue weighted by Crippen LogP contribution is 2.10. The maximum atomic E-state index is 11.5. The van der Waals surface area contributed by atoms with E-state index in [2.05, 4.69) is 10.6 Å². The molecule has 0 heterocycles. The molecule has 1 aromatic rings. The van der Waals surface area contributed by atoms with Crippen LogP contribution < -0.4 is 10.6 Å². The monoisotopic (exact) mass is 302 g/mol. The molecule has 0 aliphatic heterocycles. The van der Waals surface area contributed by atoms with Gasteiger partial charge in [0.25, 0.3) is 0 Å². The number of alkyl halides is 1. The molecule has 0 fully saturated rings. The molecule has 0 aromatic heterocycles. The largest absolute Gasteiger partial charge is 0.354 e. The number of carbonyl (C=O) groups excluding carboxylic acids is 2. The summed E-state index contributed by atoms with van der Waals surface area (Å²) in [5.74, 6) is -0.350. The van der Waals surface area contributed by atoms with E-state index in [0.29, 0.717) is 31.0 Å². The second kappa shape index (κ2) is 8.77. The Morgan fingerprint density at radius 2 is 1.58 bits per heavy atom. The fourth-order valence-corrected chi connectivity index (χ4v) is 1.67. The Morgan fingerprint density at radius 1 is 1.00 bits per heavy atom. The zero-order chi connectivity index (χ0) is 14.1. The van der Waals surface area contributed by atoms with Crippen LogP contribution in [0.5, 0.6) is 0 Å². The Balaban J connectivity index is 2.14. The van der Waals surface area contributed by atoms with E-state index in [4.69, 9.17) is 23.2 Å². The van der Waals surface area contributed by atoms with Crippen LogP contribution in [0.25, 0.3) is 0 Å². The summed E-state index contributed by atoms with van der Waals surface area (Å²) in [5.41, 5.74) is 1.06. The quantitative estimate of drug-likeness (QED) is 0.595. The zero-order valence-electron chi connectivity index (χ0n) is 10.4. The number of nitrogens with one attached hydrogen (secondary N) is 2. The van der Waals surface area contributed by atoms with Gasteiger partial charge >= 0.3 is 0 Å². The van der Waals surface area contributed by atoms with Gasteiger partial charge in [-0.05, 0) is 24.1 Å². The van der Waals surface area contributed by atoms with Gasteiger partial charge in [0, 0.05) is 24.5 Å². The van der Waals surface area contributed by atoms with Crippen LogP contribution >= 0.6 is 23.2 Å². The van der Waals surface area contributed by atoms with Gasteiger partial charge in [-0.2, -0.15) is 0 Å². The van der Waals surface area contributed by atoms with Crippen molar-refractivity contribution in [2.45, 2.75) is 12.8 Å². The van der Waals surface area contributed by atoms with Gasteiger partial charge in [0.15, 0.2) is 0 Å². The molecule has 1 aromatic carbocycles. The Bertz CT molecular complexity index is 421. The van der Waals surface area contributed by atoms with Crippen molar-refractivity contribution in [3.05, 3.63) is 34.9 Å². The van der Waals surface area contributed by atoms with Crippen molar-refractivity contribution in [3.8, 4) is 0 Å². The van der Waals surface area contributed by atoms with E-state index in [1.54, 1.807) is 12.1 Å². The molecular formula is C13H16Cl2N2O2. The number of hydrogen-bond acceptors (Lipinski definition) is 2. The molecule has 0 spiro atoms. The fourth-order valence-electron chi connectivity index (χ4n) is 1.45. The molecule has 4 nitrogen and oxygen atoms in total. The van der Waals surface area contributed by atoms with Crippen LogP contribution in [0.15, 0.2) is 24.3 Å². The van der Waals surface area contributed by atoms with E-state index < -0.39 is 0 Å². The standard InChI is InChI=1S/C13H16Cl2N2O2/c14-9-13(19)17-8-7-16-12(18)6-3-10-1-4-11(15)5-2-10/h1-2,4-5H,3,6-9H2,(H,16,18)(H,17,19). The summed E-state index contributed by atoms with van der Waals surface area (Å²) in [7, 11) is 0. The molecule has 0 bridgehead atoms. The number of halogens is 2. The molecule has 0 aliphatic rings. The molecular weight excluding hydrogens is 287 g/mol. The molecule has 0 radical (unpaired) electrons. The Labute approximate surface area is 122 Å². The third kappa shape index (κ3) is 7.03. The second-order valence-corrected chi connectivity index (χ2v) is 4.66. The van der Waals surface area contributed by atoms with Crippen LogP contribution in [-0.4, -0.2) is 30.8 Å². The fraction of sp³-hybridized carbons (Fsp3) is 0.385. The topological polar surface area (TPSA) is 58.2 Å². The maximum absolute atomic E-state index is 11.5. The average molecular weight is 303 g/mol. The van der Waals surface area contributed by atoms with Crippen LogP contribution in [0.3, 0.4) is 0 Å². The second-order valence-electron chi connectivity index (χ2n) is 3.96. The molecule has 19 heavy (non-hydrogen) atoms. The van der Waals surface area contributed by atoms with Crippen molar-refractivity contribution in [2.24, 2.45) is 0 Å². The van der Waals surface area contributed by atoms with Gasteiger partial charge in [0.2, 0.25) is 11.8 Å². The first-order valence-electron chi connectivity index (χ1n) is 5.95. The minimum absolute atomic E-state index is 0.0462. The van der Waals surface area contributed by atoms with Gasteiger partial charge in [0.1, 0.15) is 5.88 Å². The predicted octanol–water partition coefficient (Wildman–Crippen LogP) is 1.74. The van der Waals surface area contributed by atoms with Crippen LogP contribution in [0.2, 0.25) is 5.02 Å². The highest BCUT2D eigenvalue weighted by Gasteiger charge is 2.02. The smallest absolute Gasteiger partial charge is 0.234 e. The number of amides is 2. The van der Waals surface area contributed by atoms with Gasteiger partial charge in [-0.15, -0.1) is 11.6 Å². The molecule has 0 atom stereocenters. The van der Waals surface area contributed by atoms with Gasteiger partial charge in [-0.3, -0.25) is 9.59 Å². The van der Waals surface area contributed by atoms with E-state index in [0.717, 1.165) is 5.56 Å². The summed E-state index contributed by atoms with van der Waals surface area (Å²) in [6.07, 6.45) is 1.07. The van der Waals surface area contributed by atoms with Crippen LogP contribution in [0.1, 0.15) is 12.0 Å². The van der Waals surface area contributed by atoms with E-state index in [1.165, 1.54) is 0 Å². The number of benzene rings is 1. The summed E-state index contributed by atoms with van der Waals surface area (Å²) in [6.45, 7) is 0.792. The third-order valence-corrected chi connectivity index (χ3v) is 2.94. The first-order valence-corrected chi connectivity index (χ1v) is 6.87. The summed E-state index contributed by atoms with van der Waals surface area (Å²) in [4.78, 5) is 22.3. The number of carbonyl (C=O) groups is 2. The lowest BCUT2D eigenvalue weighted by Gasteiger charge is -2.06. The molecule has 0 saturated heterocycles. The van der Waals surface area contributed by atoms with Crippen molar-refractivity contribution in [1.29, 1.82) is 0 Å². The molecule has 0 unspecified atom stereocenters. The van der Waals surface area contributed by atoms with Gasteiger partial charge in [-0.25, -0.2) is 0 Å². The van der Waals surface area contributed by atoms with E-state index in [1.807, 2.05) is 12.1 Å².